The first-order valence-corrected chi connectivity index (χ1v) is 9.35. The molecule has 0 N–H and O–H groups in total. The van der Waals surface area contributed by atoms with Crippen molar-refractivity contribution in [2.75, 3.05) is 0 Å². The van der Waals surface area contributed by atoms with E-state index in [4.69, 9.17) is 4.98 Å². The Kier molecular flexibility index (Phi) is 4.78. The van der Waals surface area contributed by atoms with E-state index in [-0.39, 0.29) is 0 Å². The number of thioether (sulfide) groups is 1. The molecule has 0 aliphatic rings. The van der Waals surface area contributed by atoms with E-state index in [1.165, 1.54) is 16.7 Å². The minimum Gasteiger partial charge on any atom is -0.240 e. The fourth-order valence-corrected chi connectivity index (χ4v) is 3.91. The first-order valence-electron chi connectivity index (χ1n) is 7.49. The van der Waals surface area contributed by atoms with Crippen LogP contribution in [0.5, 0.6) is 0 Å². The summed E-state index contributed by atoms with van der Waals surface area (Å²) < 4.78 is 0. The van der Waals surface area contributed by atoms with Gasteiger partial charge in [0.2, 0.25) is 0 Å². The maximum absolute atomic E-state index is 4.73. The largest absolute Gasteiger partial charge is 0.240 e. The van der Waals surface area contributed by atoms with Crippen molar-refractivity contribution >= 4 is 23.1 Å². The van der Waals surface area contributed by atoms with E-state index in [1.807, 2.05) is 13.8 Å². The van der Waals surface area contributed by atoms with Crippen LogP contribution in [0.15, 0.2) is 34.8 Å². The molecule has 3 rings (SSSR count). The number of rotatable bonds is 4. The SMILES string of the molecule is Cc1ccc(-c2nc(CSc3nc(C)c(C)c(C)n3)cs2)cc1. The fraction of sp³-hybridized carbons (Fsp3) is 0.278. The predicted molar refractivity (Wildman–Crippen MR) is 98.1 cm³/mol. The van der Waals surface area contributed by atoms with Crippen LogP contribution >= 0.6 is 23.1 Å². The Morgan fingerprint density at radius 3 is 2.22 bits per heavy atom. The van der Waals surface area contributed by atoms with Gasteiger partial charge in [0, 0.05) is 28.1 Å². The fourth-order valence-electron chi connectivity index (χ4n) is 2.15. The third kappa shape index (κ3) is 3.79. The highest BCUT2D eigenvalue weighted by atomic mass is 32.2. The number of hydrogen-bond acceptors (Lipinski definition) is 5. The molecule has 0 aliphatic carbocycles. The summed E-state index contributed by atoms with van der Waals surface area (Å²) in [4.78, 5) is 13.8. The number of nitrogens with zero attached hydrogens (tertiary/aromatic N) is 3. The van der Waals surface area contributed by atoms with E-state index in [9.17, 15) is 0 Å². The van der Waals surface area contributed by atoms with Gasteiger partial charge >= 0.3 is 0 Å². The highest BCUT2D eigenvalue weighted by Crippen LogP contribution is 2.27. The van der Waals surface area contributed by atoms with E-state index in [0.29, 0.717) is 0 Å². The molecule has 2 heterocycles. The molecule has 0 unspecified atom stereocenters. The summed E-state index contributed by atoms with van der Waals surface area (Å²) in [5, 5.41) is 4.02. The van der Waals surface area contributed by atoms with Gasteiger partial charge in [-0.05, 0) is 33.3 Å². The highest BCUT2D eigenvalue weighted by Gasteiger charge is 2.08. The van der Waals surface area contributed by atoms with Crippen LogP contribution in [0, 0.1) is 27.7 Å². The Bertz CT molecular complexity index is 800. The van der Waals surface area contributed by atoms with Gasteiger partial charge in [-0.3, -0.25) is 0 Å². The molecule has 1 aromatic carbocycles. The van der Waals surface area contributed by atoms with Crippen molar-refractivity contribution in [3.8, 4) is 10.6 Å². The normalized spacial score (nSPS) is 11.0. The van der Waals surface area contributed by atoms with Gasteiger partial charge in [-0.2, -0.15) is 0 Å². The third-order valence-electron chi connectivity index (χ3n) is 3.81. The second-order valence-electron chi connectivity index (χ2n) is 5.60. The van der Waals surface area contributed by atoms with Gasteiger partial charge in [-0.1, -0.05) is 41.6 Å². The van der Waals surface area contributed by atoms with Crippen LogP contribution in [0.25, 0.3) is 10.6 Å². The van der Waals surface area contributed by atoms with Crippen LogP contribution < -0.4 is 0 Å². The van der Waals surface area contributed by atoms with Crippen molar-refractivity contribution in [2.24, 2.45) is 0 Å². The summed E-state index contributed by atoms with van der Waals surface area (Å²) in [6.45, 7) is 8.23. The first kappa shape index (κ1) is 16.1. The molecule has 3 nitrogen and oxygen atoms in total. The lowest BCUT2D eigenvalue weighted by Gasteiger charge is -2.05. The Balaban J connectivity index is 1.71. The zero-order chi connectivity index (χ0) is 16.4. The monoisotopic (exact) mass is 341 g/mol. The summed E-state index contributed by atoms with van der Waals surface area (Å²) in [5.41, 5.74) is 6.80. The smallest absolute Gasteiger partial charge is 0.188 e. The van der Waals surface area contributed by atoms with Crippen LogP contribution in [0.1, 0.15) is 28.2 Å². The van der Waals surface area contributed by atoms with Gasteiger partial charge in [0.15, 0.2) is 5.16 Å². The van der Waals surface area contributed by atoms with Gasteiger partial charge in [-0.25, -0.2) is 15.0 Å². The summed E-state index contributed by atoms with van der Waals surface area (Å²) >= 11 is 3.33. The summed E-state index contributed by atoms with van der Waals surface area (Å²) in [7, 11) is 0. The third-order valence-corrected chi connectivity index (χ3v) is 5.63. The summed E-state index contributed by atoms with van der Waals surface area (Å²) in [6.07, 6.45) is 0. The summed E-state index contributed by atoms with van der Waals surface area (Å²) in [6, 6.07) is 8.50. The Labute approximate surface area is 145 Å². The molecular formula is C18H19N3S2. The molecular weight excluding hydrogens is 322 g/mol. The van der Waals surface area contributed by atoms with Crippen molar-refractivity contribution in [1.82, 2.24) is 15.0 Å². The number of thiazole rings is 1. The van der Waals surface area contributed by atoms with Crippen LogP contribution in [0.4, 0.5) is 0 Å². The number of aryl methyl sites for hydroxylation is 3. The van der Waals surface area contributed by atoms with Gasteiger partial charge in [0.05, 0.1) is 5.69 Å². The topological polar surface area (TPSA) is 38.7 Å². The number of aromatic nitrogens is 3. The van der Waals surface area contributed by atoms with Crippen LogP contribution in [-0.2, 0) is 5.75 Å². The molecule has 0 amide bonds. The predicted octanol–water partition coefficient (Wildman–Crippen LogP) is 5.13. The van der Waals surface area contributed by atoms with Crippen LogP contribution in [-0.4, -0.2) is 15.0 Å². The average molecular weight is 342 g/mol. The molecule has 0 fully saturated rings. The van der Waals surface area contributed by atoms with Crippen molar-refractivity contribution in [2.45, 2.75) is 38.6 Å². The summed E-state index contributed by atoms with van der Waals surface area (Å²) in [5.74, 6) is 0.796. The molecule has 5 heteroatoms. The molecule has 0 radical (unpaired) electrons. The number of hydrogen-bond donors (Lipinski definition) is 0. The van der Waals surface area contributed by atoms with Crippen molar-refractivity contribution in [3.63, 3.8) is 0 Å². The maximum atomic E-state index is 4.73. The lowest BCUT2D eigenvalue weighted by atomic mass is 10.2. The Morgan fingerprint density at radius 1 is 0.913 bits per heavy atom. The minimum atomic E-state index is 0.796. The molecule has 0 atom stereocenters. The second-order valence-corrected chi connectivity index (χ2v) is 7.40. The lowest BCUT2D eigenvalue weighted by molar-refractivity contribution is 0.880. The zero-order valence-corrected chi connectivity index (χ0v) is 15.4. The average Bonchev–Trinajstić information content (AvgIpc) is 3.00. The van der Waals surface area contributed by atoms with Gasteiger partial charge in [0.1, 0.15) is 5.01 Å². The zero-order valence-electron chi connectivity index (χ0n) is 13.8. The lowest BCUT2D eigenvalue weighted by Crippen LogP contribution is -1.98. The van der Waals surface area contributed by atoms with E-state index in [0.717, 1.165) is 33.0 Å². The van der Waals surface area contributed by atoms with Crippen LogP contribution in [0.3, 0.4) is 0 Å². The Morgan fingerprint density at radius 2 is 1.57 bits per heavy atom. The first-order chi connectivity index (χ1) is 11.0. The minimum absolute atomic E-state index is 0.796. The molecule has 23 heavy (non-hydrogen) atoms. The van der Waals surface area contributed by atoms with Crippen molar-refractivity contribution < 1.29 is 0 Å². The second kappa shape index (κ2) is 6.81. The molecule has 0 spiro atoms. The molecule has 0 saturated heterocycles. The number of benzene rings is 1. The van der Waals surface area contributed by atoms with Gasteiger partial charge < -0.3 is 0 Å². The van der Waals surface area contributed by atoms with E-state index in [1.54, 1.807) is 23.1 Å². The molecule has 118 valence electrons. The quantitative estimate of drug-likeness (QED) is 0.487. The van der Waals surface area contributed by atoms with Gasteiger partial charge in [-0.15, -0.1) is 11.3 Å². The molecule has 0 bridgehead atoms. The maximum Gasteiger partial charge on any atom is 0.188 e. The van der Waals surface area contributed by atoms with E-state index in [2.05, 4.69) is 53.5 Å². The van der Waals surface area contributed by atoms with Crippen molar-refractivity contribution in [1.29, 1.82) is 0 Å². The Hall–Kier alpha value is -1.72. The van der Waals surface area contributed by atoms with Crippen LogP contribution in [0.2, 0.25) is 0 Å². The molecule has 0 aliphatic heterocycles. The molecule has 3 aromatic rings. The standard InChI is InChI=1S/C18H19N3S2/c1-11-5-7-15(8-6-11)17-21-16(9-22-17)10-23-18-19-13(3)12(2)14(4)20-18/h5-9H,10H2,1-4H3. The van der Waals surface area contributed by atoms with E-state index >= 15 is 0 Å². The highest BCUT2D eigenvalue weighted by molar-refractivity contribution is 7.98. The van der Waals surface area contributed by atoms with Crippen molar-refractivity contribution in [3.05, 3.63) is 57.9 Å². The van der Waals surface area contributed by atoms with E-state index < -0.39 is 0 Å². The molecule has 0 saturated carbocycles. The van der Waals surface area contributed by atoms with Gasteiger partial charge in [0.25, 0.3) is 0 Å². The molecule has 2 aromatic heterocycles.